The van der Waals surface area contributed by atoms with Crippen LogP contribution >= 0.6 is 0 Å². The van der Waals surface area contributed by atoms with Crippen molar-refractivity contribution in [2.45, 2.75) is 34.1 Å². The summed E-state index contributed by atoms with van der Waals surface area (Å²) in [6.07, 6.45) is 0.352. The third-order valence-corrected chi connectivity index (χ3v) is 4.94. The van der Waals surface area contributed by atoms with Crippen molar-refractivity contribution in [3.05, 3.63) is 59.7 Å². The number of benzene rings is 2. The molecule has 0 aliphatic carbocycles. The van der Waals surface area contributed by atoms with Gasteiger partial charge in [-0.25, -0.2) is 0 Å². The second kappa shape index (κ2) is 10.5. The van der Waals surface area contributed by atoms with Crippen molar-refractivity contribution in [1.29, 1.82) is 0 Å². The van der Waals surface area contributed by atoms with Crippen LogP contribution < -0.4 is 15.1 Å². The second-order valence-corrected chi connectivity index (χ2v) is 6.81. The maximum Gasteiger partial charge on any atom is 0.224 e. The Morgan fingerprint density at radius 1 is 0.929 bits per heavy atom. The van der Waals surface area contributed by atoms with Crippen LogP contribution in [0.5, 0.6) is 0 Å². The Bertz CT molecular complexity index is 783. The summed E-state index contributed by atoms with van der Waals surface area (Å²) in [5.74, 6) is -0.0709. The van der Waals surface area contributed by atoms with E-state index in [-0.39, 0.29) is 11.8 Å². The molecule has 0 spiro atoms. The Kier molecular flexibility index (Phi) is 8.05. The number of nitrogens with one attached hydrogen (secondary N) is 1. The normalized spacial score (nSPS) is 10.4. The molecule has 2 aromatic rings. The number of nitrogens with zero attached hydrogens (tertiary/aromatic N) is 2. The quantitative estimate of drug-likeness (QED) is 0.723. The summed E-state index contributed by atoms with van der Waals surface area (Å²) in [6.45, 7) is 10.5. The van der Waals surface area contributed by atoms with E-state index in [0.29, 0.717) is 19.5 Å². The van der Waals surface area contributed by atoms with Gasteiger partial charge in [0.25, 0.3) is 0 Å². The number of aryl methyl sites for hydroxylation is 1. The van der Waals surface area contributed by atoms with Crippen molar-refractivity contribution in [3.8, 4) is 0 Å². The molecule has 0 aliphatic heterocycles. The Morgan fingerprint density at radius 3 is 2.11 bits per heavy atom. The van der Waals surface area contributed by atoms with Crippen molar-refractivity contribution in [2.75, 3.05) is 36.0 Å². The molecule has 0 radical (unpaired) electrons. The first-order chi connectivity index (χ1) is 13.5. The Labute approximate surface area is 168 Å². The molecule has 28 heavy (non-hydrogen) atoms. The summed E-state index contributed by atoms with van der Waals surface area (Å²) >= 11 is 0. The number of amides is 2. The summed E-state index contributed by atoms with van der Waals surface area (Å²) < 4.78 is 0. The van der Waals surface area contributed by atoms with E-state index in [2.05, 4.69) is 24.1 Å². The van der Waals surface area contributed by atoms with Crippen LogP contribution in [-0.2, 0) is 16.0 Å². The molecule has 150 valence electrons. The van der Waals surface area contributed by atoms with Crippen LogP contribution in [0.2, 0.25) is 0 Å². The van der Waals surface area contributed by atoms with Crippen molar-refractivity contribution < 1.29 is 9.59 Å². The van der Waals surface area contributed by atoms with E-state index >= 15 is 0 Å². The average Bonchev–Trinajstić information content (AvgIpc) is 2.68. The van der Waals surface area contributed by atoms with E-state index < -0.39 is 0 Å². The highest BCUT2D eigenvalue weighted by atomic mass is 16.2. The number of rotatable bonds is 9. The highest BCUT2D eigenvalue weighted by molar-refractivity contribution is 5.91. The molecule has 0 atom stereocenters. The van der Waals surface area contributed by atoms with Crippen LogP contribution in [0.15, 0.2) is 48.5 Å². The Balaban J connectivity index is 1.93. The van der Waals surface area contributed by atoms with Crippen molar-refractivity contribution in [3.63, 3.8) is 0 Å². The largest absolute Gasteiger partial charge is 0.372 e. The Hall–Kier alpha value is -2.82. The monoisotopic (exact) mass is 381 g/mol. The maximum atomic E-state index is 12.2. The number of carbonyl (C=O) groups is 2. The molecule has 0 aliphatic rings. The highest BCUT2D eigenvalue weighted by Crippen LogP contribution is 2.20. The minimum atomic E-state index is -0.0382. The molecule has 0 aromatic heterocycles. The van der Waals surface area contributed by atoms with Gasteiger partial charge in [-0.1, -0.05) is 24.3 Å². The predicted octanol–water partition coefficient (Wildman–Crippen LogP) is 3.55. The van der Waals surface area contributed by atoms with Gasteiger partial charge in [-0.3, -0.25) is 9.59 Å². The fourth-order valence-electron chi connectivity index (χ4n) is 3.25. The fraction of sp³-hybridized carbons (Fsp3) is 0.391. The molecule has 0 heterocycles. The van der Waals surface area contributed by atoms with Crippen LogP contribution in [0.3, 0.4) is 0 Å². The van der Waals surface area contributed by atoms with Gasteiger partial charge in [0.05, 0.1) is 6.42 Å². The van der Waals surface area contributed by atoms with Crippen molar-refractivity contribution >= 4 is 23.2 Å². The lowest BCUT2D eigenvalue weighted by atomic mass is 10.1. The number of hydrogen-bond donors (Lipinski definition) is 1. The highest BCUT2D eigenvalue weighted by Gasteiger charge is 2.13. The van der Waals surface area contributed by atoms with Gasteiger partial charge < -0.3 is 15.1 Å². The van der Waals surface area contributed by atoms with Gasteiger partial charge in [-0.2, -0.15) is 0 Å². The molecule has 0 bridgehead atoms. The van der Waals surface area contributed by atoms with Crippen LogP contribution in [-0.4, -0.2) is 38.0 Å². The zero-order valence-electron chi connectivity index (χ0n) is 17.4. The summed E-state index contributed by atoms with van der Waals surface area (Å²) in [5, 5.41) is 2.92. The molecule has 2 aromatic carbocycles. The van der Waals surface area contributed by atoms with Gasteiger partial charge in [0.1, 0.15) is 0 Å². The molecule has 2 amide bonds. The van der Waals surface area contributed by atoms with Crippen LogP contribution in [0.25, 0.3) is 0 Å². The molecule has 0 saturated heterocycles. The van der Waals surface area contributed by atoms with Gasteiger partial charge in [0.15, 0.2) is 0 Å². The molecule has 0 unspecified atom stereocenters. The third kappa shape index (κ3) is 5.84. The van der Waals surface area contributed by atoms with Gasteiger partial charge in [-0.05, 0) is 56.2 Å². The van der Waals surface area contributed by atoms with E-state index in [4.69, 9.17) is 0 Å². The van der Waals surface area contributed by atoms with E-state index in [1.165, 1.54) is 0 Å². The standard InChI is InChI=1S/C23H31N3O2/c1-5-25(6-2)21-11-13-22(14-12-21)26(19(4)27)16-15-24-23(28)17-20-10-8-7-9-18(20)3/h7-14H,5-6,15-17H2,1-4H3,(H,24,28). The average molecular weight is 382 g/mol. The summed E-state index contributed by atoms with van der Waals surface area (Å²) in [4.78, 5) is 28.3. The zero-order chi connectivity index (χ0) is 20.5. The molecular formula is C23H31N3O2. The lowest BCUT2D eigenvalue weighted by Crippen LogP contribution is -2.38. The number of anilines is 2. The minimum Gasteiger partial charge on any atom is -0.372 e. The summed E-state index contributed by atoms with van der Waals surface area (Å²) in [7, 11) is 0. The van der Waals surface area contributed by atoms with Crippen molar-refractivity contribution in [1.82, 2.24) is 5.32 Å². The number of carbonyl (C=O) groups excluding carboxylic acids is 2. The molecular weight excluding hydrogens is 350 g/mol. The maximum absolute atomic E-state index is 12.2. The van der Waals surface area contributed by atoms with Gasteiger partial charge in [-0.15, -0.1) is 0 Å². The summed E-state index contributed by atoms with van der Waals surface area (Å²) in [5.41, 5.74) is 4.12. The van der Waals surface area contributed by atoms with Gasteiger partial charge >= 0.3 is 0 Å². The first-order valence-corrected chi connectivity index (χ1v) is 9.90. The van der Waals surface area contributed by atoms with Crippen molar-refractivity contribution in [2.24, 2.45) is 0 Å². The smallest absolute Gasteiger partial charge is 0.224 e. The molecule has 0 fully saturated rings. The molecule has 5 heteroatoms. The van der Waals surface area contributed by atoms with E-state index in [9.17, 15) is 9.59 Å². The SMILES string of the molecule is CCN(CC)c1ccc(N(CCNC(=O)Cc2ccccc2C)C(C)=O)cc1. The molecule has 1 N–H and O–H groups in total. The molecule has 2 rings (SSSR count). The second-order valence-electron chi connectivity index (χ2n) is 6.81. The van der Waals surface area contributed by atoms with Crippen LogP contribution in [0, 0.1) is 6.92 Å². The lowest BCUT2D eigenvalue weighted by molar-refractivity contribution is -0.121. The molecule has 0 saturated carbocycles. The summed E-state index contributed by atoms with van der Waals surface area (Å²) in [6, 6.07) is 15.9. The van der Waals surface area contributed by atoms with Crippen LogP contribution in [0.1, 0.15) is 31.9 Å². The Morgan fingerprint density at radius 2 is 1.54 bits per heavy atom. The third-order valence-electron chi connectivity index (χ3n) is 4.94. The first-order valence-electron chi connectivity index (χ1n) is 9.90. The van der Waals surface area contributed by atoms with Crippen LogP contribution in [0.4, 0.5) is 11.4 Å². The van der Waals surface area contributed by atoms with E-state index in [0.717, 1.165) is 35.6 Å². The molecule has 5 nitrogen and oxygen atoms in total. The lowest BCUT2D eigenvalue weighted by Gasteiger charge is -2.24. The first kappa shape index (κ1) is 21.5. The van der Waals surface area contributed by atoms with Gasteiger partial charge in [0, 0.05) is 44.5 Å². The van der Waals surface area contributed by atoms with Gasteiger partial charge in [0.2, 0.25) is 11.8 Å². The van der Waals surface area contributed by atoms with E-state index in [1.54, 1.807) is 11.8 Å². The fourth-order valence-corrected chi connectivity index (χ4v) is 3.25. The zero-order valence-corrected chi connectivity index (χ0v) is 17.4. The topological polar surface area (TPSA) is 52.6 Å². The predicted molar refractivity (Wildman–Crippen MR) is 116 cm³/mol. The van der Waals surface area contributed by atoms with E-state index in [1.807, 2.05) is 55.5 Å². The number of hydrogen-bond acceptors (Lipinski definition) is 3. The minimum absolute atomic E-state index is 0.0327.